The minimum atomic E-state index is -0.786. The molecule has 0 saturated heterocycles. The second-order valence-corrected chi connectivity index (χ2v) is 6.52. The maximum Gasteiger partial charge on any atom is 0.262 e. The summed E-state index contributed by atoms with van der Waals surface area (Å²) in [5.41, 5.74) is 2.08. The van der Waals surface area contributed by atoms with E-state index in [-0.39, 0.29) is 18.7 Å². The molecule has 0 radical (unpaired) electrons. The summed E-state index contributed by atoms with van der Waals surface area (Å²) in [5.74, 6) is 0.723. The Balaban J connectivity index is 1.67. The maximum absolute atomic E-state index is 12.3. The predicted octanol–water partition coefficient (Wildman–Crippen LogP) is 2.51. The number of aliphatic hydroxyl groups is 1. The van der Waals surface area contributed by atoms with Gasteiger partial charge in [-0.15, -0.1) is 11.3 Å². The van der Waals surface area contributed by atoms with Crippen LogP contribution in [0, 0.1) is 13.8 Å². The highest BCUT2D eigenvalue weighted by atomic mass is 32.1. The molecular weight excluding hydrogens is 312 g/mol. The Labute approximate surface area is 137 Å². The first-order valence-corrected chi connectivity index (χ1v) is 8.22. The molecule has 0 aliphatic carbocycles. The Hall–Kier alpha value is -2.18. The highest BCUT2D eigenvalue weighted by Gasteiger charge is 2.11. The van der Waals surface area contributed by atoms with Crippen LogP contribution in [-0.2, 0) is 6.54 Å². The predicted molar refractivity (Wildman–Crippen MR) is 91.3 cm³/mol. The lowest BCUT2D eigenvalue weighted by atomic mass is 10.1. The number of thiophene rings is 1. The van der Waals surface area contributed by atoms with Crippen molar-refractivity contribution in [3.05, 3.63) is 57.5 Å². The van der Waals surface area contributed by atoms with Crippen molar-refractivity contribution in [2.75, 3.05) is 6.61 Å². The van der Waals surface area contributed by atoms with Crippen molar-refractivity contribution in [3.63, 3.8) is 0 Å². The van der Waals surface area contributed by atoms with Gasteiger partial charge in [-0.25, -0.2) is 4.98 Å². The van der Waals surface area contributed by atoms with Gasteiger partial charge >= 0.3 is 0 Å². The fourth-order valence-corrected chi connectivity index (χ4v) is 3.24. The fraction of sp³-hybridized carbons (Fsp3) is 0.294. The van der Waals surface area contributed by atoms with Crippen LogP contribution in [0.4, 0.5) is 0 Å². The third-order valence-corrected chi connectivity index (χ3v) is 4.32. The summed E-state index contributed by atoms with van der Waals surface area (Å²) in [6.07, 6.45) is 0.688. The van der Waals surface area contributed by atoms with E-state index in [2.05, 4.69) is 11.1 Å². The van der Waals surface area contributed by atoms with Gasteiger partial charge in [-0.1, -0.05) is 6.07 Å². The molecule has 0 bridgehead atoms. The molecule has 0 saturated carbocycles. The number of benzene rings is 1. The highest BCUT2D eigenvalue weighted by molar-refractivity contribution is 7.16. The van der Waals surface area contributed by atoms with E-state index in [0.29, 0.717) is 10.2 Å². The number of fused-ring (bicyclic) bond motifs is 1. The minimum Gasteiger partial charge on any atom is -0.491 e. The van der Waals surface area contributed by atoms with Gasteiger partial charge in [0.05, 0.1) is 18.3 Å². The average molecular weight is 330 g/mol. The van der Waals surface area contributed by atoms with Crippen molar-refractivity contribution in [2.45, 2.75) is 26.5 Å². The lowest BCUT2D eigenvalue weighted by Crippen LogP contribution is -2.30. The summed E-state index contributed by atoms with van der Waals surface area (Å²) in [6, 6.07) is 7.66. The first-order valence-electron chi connectivity index (χ1n) is 7.35. The van der Waals surface area contributed by atoms with Crippen molar-refractivity contribution in [1.82, 2.24) is 9.55 Å². The molecule has 3 aromatic rings. The van der Waals surface area contributed by atoms with Gasteiger partial charge in [0.1, 0.15) is 23.3 Å². The molecule has 0 aliphatic heterocycles. The maximum atomic E-state index is 12.3. The normalized spacial score (nSPS) is 12.5. The molecule has 3 rings (SSSR count). The minimum absolute atomic E-state index is 0.122. The molecule has 1 N–H and O–H groups in total. The summed E-state index contributed by atoms with van der Waals surface area (Å²) in [4.78, 5) is 17.2. The third kappa shape index (κ3) is 3.60. The fourth-order valence-electron chi connectivity index (χ4n) is 2.51. The number of aryl methyl sites for hydroxylation is 2. The van der Waals surface area contributed by atoms with Gasteiger partial charge in [0.25, 0.3) is 5.56 Å². The Bertz CT molecular complexity index is 865. The van der Waals surface area contributed by atoms with Gasteiger partial charge in [0.15, 0.2) is 0 Å². The van der Waals surface area contributed by atoms with E-state index in [1.54, 1.807) is 6.07 Å². The lowest BCUT2D eigenvalue weighted by Gasteiger charge is -2.14. The molecule has 0 aliphatic rings. The second kappa shape index (κ2) is 6.52. The summed E-state index contributed by atoms with van der Waals surface area (Å²) >= 11 is 1.43. The zero-order valence-corrected chi connectivity index (χ0v) is 13.8. The number of rotatable bonds is 5. The summed E-state index contributed by atoms with van der Waals surface area (Å²) in [7, 11) is 0. The molecule has 0 amide bonds. The summed E-state index contributed by atoms with van der Waals surface area (Å²) in [5, 5.41) is 12.6. The van der Waals surface area contributed by atoms with Crippen LogP contribution in [0.5, 0.6) is 5.75 Å². The molecule has 120 valence electrons. The number of hydrogen-bond acceptors (Lipinski definition) is 5. The van der Waals surface area contributed by atoms with Crippen LogP contribution in [-0.4, -0.2) is 27.4 Å². The zero-order valence-electron chi connectivity index (χ0n) is 13.0. The lowest BCUT2D eigenvalue weighted by molar-refractivity contribution is 0.0914. The molecule has 1 atom stereocenters. The van der Waals surface area contributed by atoms with Crippen molar-refractivity contribution < 1.29 is 9.84 Å². The van der Waals surface area contributed by atoms with Crippen molar-refractivity contribution in [1.29, 1.82) is 0 Å². The van der Waals surface area contributed by atoms with E-state index >= 15 is 0 Å². The molecule has 2 heterocycles. The first-order chi connectivity index (χ1) is 11.0. The number of aromatic nitrogens is 2. The zero-order chi connectivity index (χ0) is 16.4. The first kappa shape index (κ1) is 15.7. The largest absolute Gasteiger partial charge is 0.491 e. The molecule has 23 heavy (non-hydrogen) atoms. The van der Waals surface area contributed by atoms with Crippen LogP contribution in [0.25, 0.3) is 10.2 Å². The molecular formula is C17H18N2O3S. The molecule has 6 heteroatoms. The van der Waals surface area contributed by atoms with E-state index in [1.807, 2.05) is 31.4 Å². The van der Waals surface area contributed by atoms with E-state index < -0.39 is 6.10 Å². The van der Waals surface area contributed by atoms with Crippen LogP contribution in [0.3, 0.4) is 0 Å². The van der Waals surface area contributed by atoms with Crippen molar-refractivity contribution in [2.24, 2.45) is 0 Å². The number of aliphatic hydroxyl groups excluding tert-OH is 1. The van der Waals surface area contributed by atoms with Gasteiger partial charge in [-0.05, 0) is 48.6 Å². The van der Waals surface area contributed by atoms with Gasteiger partial charge < -0.3 is 9.84 Å². The Kier molecular flexibility index (Phi) is 4.45. The van der Waals surface area contributed by atoms with E-state index in [0.717, 1.165) is 16.9 Å². The molecule has 2 aromatic heterocycles. The van der Waals surface area contributed by atoms with Crippen LogP contribution >= 0.6 is 11.3 Å². The highest BCUT2D eigenvalue weighted by Crippen LogP contribution is 2.17. The Morgan fingerprint density at radius 3 is 2.78 bits per heavy atom. The topological polar surface area (TPSA) is 64.3 Å². The quantitative estimate of drug-likeness (QED) is 0.781. The third-order valence-electron chi connectivity index (χ3n) is 3.50. The van der Waals surface area contributed by atoms with Gasteiger partial charge in [-0.2, -0.15) is 0 Å². The Morgan fingerprint density at radius 2 is 2.04 bits per heavy atom. The van der Waals surface area contributed by atoms with Crippen LogP contribution in [0.2, 0.25) is 0 Å². The monoisotopic (exact) mass is 330 g/mol. The van der Waals surface area contributed by atoms with Crippen LogP contribution in [0.15, 0.2) is 40.8 Å². The SMILES string of the molecule is Cc1cc(C)cc(OC[C@H](O)Cn2cnc3sccc3c2=O)c1. The molecule has 0 spiro atoms. The average Bonchev–Trinajstić information content (AvgIpc) is 2.96. The summed E-state index contributed by atoms with van der Waals surface area (Å²) in [6.45, 7) is 4.27. The number of hydrogen-bond donors (Lipinski definition) is 1. The van der Waals surface area contributed by atoms with Crippen LogP contribution in [0.1, 0.15) is 11.1 Å². The number of ether oxygens (including phenoxy) is 1. The van der Waals surface area contributed by atoms with Gasteiger partial charge in [0, 0.05) is 0 Å². The van der Waals surface area contributed by atoms with Gasteiger partial charge in [-0.3, -0.25) is 9.36 Å². The van der Waals surface area contributed by atoms with E-state index in [4.69, 9.17) is 4.74 Å². The van der Waals surface area contributed by atoms with Crippen LogP contribution < -0.4 is 10.3 Å². The molecule has 1 aromatic carbocycles. The van der Waals surface area contributed by atoms with E-state index in [1.165, 1.54) is 22.2 Å². The number of nitrogens with zero attached hydrogens (tertiary/aromatic N) is 2. The summed E-state index contributed by atoms with van der Waals surface area (Å²) < 4.78 is 7.05. The second-order valence-electron chi connectivity index (χ2n) is 5.63. The molecule has 5 nitrogen and oxygen atoms in total. The standard InChI is InChI=1S/C17H18N2O3S/c1-11-5-12(2)7-14(6-11)22-9-13(20)8-19-10-18-16-15(17(19)21)3-4-23-16/h3-7,10,13,20H,8-9H2,1-2H3/t13-/m1/s1. The molecule has 0 unspecified atom stereocenters. The van der Waals surface area contributed by atoms with Crippen molar-refractivity contribution in [3.8, 4) is 5.75 Å². The Morgan fingerprint density at radius 1 is 1.30 bits per heavy atom. The molecule has 0 fully saturated rings. The van der Waals surface area contributed by atoms with Gasteiger partial charge in [0.2, 0.25) is 0 Å². The van der Waals surface area contributed by atoms with Crippen molar-refractivity contribution >= 4 is 21.6 Å². The smallest absolute Gasteiger partial charge is 0.262 e. The van der Waals surface area contributed by atoms with E-state index in [9.17, 15) is 9.90 Å².